The molecule has 0 spiro atoms. The second-order valence-corrected chi connectivity index (χ2v) is 7.00. The zero-order chi connectivity index (χ0) is 18.8. The number of ether oxygens (including phenoxy) is 1. The number of hydrogen-bond acceptors (Lipinski definition) is 4. The number of rotatable bonds is 11. The lowest BCUT2D eigenvalue weighted by atomic mass is 9.95. The largest absolute Gasteiger partial charge is 0.494 e. The van der Waals surface area contributed by atoms with Crippen LogP contribution in [0.15, 0.2) is 54.6 Å². The van der Waals surface area contributed by atoms with E-state index in [1.165, 1.54) is 5.56 Å². The first-order chi connectivity index (χ1) is 12.6. The van der Waals surface area contributed by atoms with Crippen LogP contribution >= 0.6 is 0 Å². The van der Waals surface area contributed by atoms with Crippen LogP contribution in [0.4, 0.5) is 0 Å². The Hall–Kier alpha value is -1.88. The minimum absolute atomic E-state index is 0.118. The number of hydrogen-bond donors (Lipinski definition) is 2. The lowest BCUT2D eigenvalue weighted by molar-refractivity contribution is 0.0894. The van der Waals surface area contributed by atoms with Gasteiger partial charge in [-0.05, 0) is 43.8 Å². The Kier molecular flexibility index (Phi) is 8.62. The van der Waals surface area contributed by atoms with Crippen LogP contribution in [0.3, 0.4) is 0 Å². The summed E-state index contributed by atoms with van der Waals surface area (Å²) in [4.78, 5) is 2.12. The molecular formula is C22H32N2O2. The minimum atomic E-state index is -0.481. The Balaban J connectivity index is 1.93. The van der Waals surface area contributed by atoms with Crippen LogP contribution in [-0.2, 0) is 6.54 Å². The molecule has 0 saturated carbocycles. The summed E-state index contributed by atoms with van der Waals surface area (Å²) in [6, 6.07) is 18.1. The van der Waals surface area contributed by atoms with Gasteiger partial charge in [-0.1, -0.05) is 49.4 Å². The molecule has 2 unspecified atom stereocenters. The van der Waals surface area contributed by atoms with Crippen molar-refractivity contribution in [1.82, 2.24) is 10.2 Å². The smallest absolute Gasteiger partial charge is 0.119 e. The van der Waals surface area contributed by atoms with Crippen LogP contribution in [0.2, 0.25) is 0 Å². The molecular weight excluding hydrogens is 324 g/mol. The van der Waals surface area contributed by atoms with Crippen molar-refractivity contribution in [1.29, 1.82) is 0 Å². The number of benzene rings is 2. The summed E-state index contributed by atoms with van der Waals surface area (Å²) in [7, 11) is 4.08. The molecule has 0 aromatic heterocycles. The number of nitrogens with zero attached hydrogens (tertiary/aromatic N) is 1. The predicted octanol–water partition coefficient (Wildman–Crippen LogP) is 3.48. The third kappa shape index (κ3) is 6.79. The molecule has 2 atom stereocenters. The molecule has 0 amide bonds. The second-order valence-electron chi connectivity index (χ2n) is 7.00. The van der Waals surface area contributed by atoms with Gasteiger partial charge in [0.2, 0.25) is 0 Å². The van der Waals surface area contributed by atoms with Gasteiger partial charge in [0.25, 0.3) is 0 Å². The van der Waals surface area contributed by atoms with Gasteiger partial charge >= 0.3 is 0 Å². The van der Waals surface area contributed by atoms with Crippen molar-refractivity contribution >= 4 is 0 Å². The summed E-state index contributed by atoms with van der Waals surface area (Å²) in [6.07, 6.45) is 0.525. The molecule has 2 rings (SSSR count). The quantitative estimate of drug-likeness (QED) is 0.647. The fourth-order valence-electron chi connectivity index (χ4n) is 3.03. The Morgan fingerprint density at radius 2 is 1.85 bits per heavy atom. The standard InChI is InChI=1S/C22H32N2O2/c1-4-13-26-21-12-8-9-18(14-21)15-23-16-20(17-24(2)3)22(25)19-10-6-5-7-11-19/h5-12,14,20,22-23,25H,4,13,15-17H2,1-3H3. The monoisotopic (exact) mass is 356 g/mol. The van der Waals surface area contributed by atoms with Gasteiger partial charge in [-0.25, -0.2) is 0 Å². The van der Waals surface area contributed by atoms with Gasteiger partial charge in [0.05, 0.1) is 12.7 Å². The van der Waals surface area contributed by atoms with E-state index in [-0.39, 0.29) is 5.92 Å². The van der Waals surface area contributed by atoms with E-state index in [1.807, 2.05) is 56.6 Å². The van der Waals surface area contributed by atoms with E-state index in [0.717, 1.165) is 44.0 Å². The third-order valence-corrected chi connectivity index (χ3v) is 4.29. The van der Waals surface area contributed by atoms with Crippen LogP contribution in [0.25, 0.3) is 0 Å². The van der Waals surface area contributed by atoms with Crippen molar-refractivity contribution in [3.8, 4) is 5.75 Å². The zero-order valence-electron chi connectivity index (χ0n) is 16.2. The van der Waals surface area contributed by atoms with Crippen LogP contribution in [-0.4, -0.2) is 43.8 Å². The molecule has 142 valence electrons. The Bertz CT molecular complexity index is 631. The van der Waals surface area contributed by atoms with Crippen molar-refractivity contribution in [3.05, 3.63) is 65.7 Å². The van der Waals surface area contributed by atoms with E-state index in [2.05, 4.69) is 29.3 Å². The van der Waals surface area contributed by atoms with Crippen LogP contribution in [0.1, 0.15) is 30.6 Å². The normalized spacial score (nSPS) is 13.6. The first kappa shape index (κ1) is 20.4. The fraction of sp³-hybridized carbons (Fsp3) is 0.455. The van der Waals surface area contributed by atoms with Crippen LogP contribution in [0, 0.1) is 5.92 Å². The maximum absolute atomic E-state index is 10.8. The maximum atomic E-state index is 10.8. The highest BCUT2D eigenvalue weighted by Crippen LogP contribution is 2.22. The SMILES string of the molecule is CCCOc1cccc(CNCC(CN(C)C)C(O)c2ccccc2)c1. The second kappa shape index (κ2) is 11.0. The van der Waals surface area contributed by atoms with Gasteiger partial charge in [0.1, 0.15) is 5.75 Å². The Morgan fingerprint density at radius 1 is 1.08 bits per heavy atom. The van der Waals surface area contributed by atoms with Gasteiger partial charge in [-0.3, -0.25) is 0 Å². The van der Waals surface area contributed by atoms with Crippen molar-refractivity contribution in [3.63, 3.8) is 0 Å². The molecule has 0 saturated heterocycles. The molecule has 0 heterocycles. The zero-order valence-corrected chi connectivity index (χ0v) is 16.2. The third-order valence-electron chi connectivity index (χ3n) is 4.29. The van der Waals surface area contributed by atoms with E-state index < -0.39 is 6.10 Å². The molecule has 4 nitrogen and oxygen atoms in total. The highest BCUT2D eigenvalue weighted by Gasteiger charge is 2.21. The summed E-state index contributed by atoms with van der Waals surface area (Å²) >= 11 is 0. The predicted molar refractivity (Wildman–Crippen MR) is 107 cm³/mol. The first-order valence-corrected chi connectivity index (χ1v) is 9.40. The molecule has 0 fully saturated rings. The average molecular weight is 357 g/mol. The Labute approximate surface area is 157 Å². The van der Waals surface area contributed by atoms with Gasteiger partial charge < -0.3 is 20.1 Å². The van der Waals surface area contributed by atoms with E-state index >= 15 is 0 Å². The van der Waals surface area contributed by atoms with E-state index in [9.17, 15) is 5.11 Å². The van der Waals surface area contributed by atoms with Crippen LogP contribution in [0.5, 0.6) is 5.75 Å². The van der Waals surface area contributed by atoms with Gasteiger partial charge in [-0.2, -0.15) is 0 Å². The fourth-order valence-corrected chi connectivity index (χ4v) is 3.03. The maximum Gasteiger partial charge on any atom is 0.119 e. The summed E-state index contributed by atoms with van der Waals surface area (Å²) in [5.74, 6) is 1.03. The topological polar surface area (TPSA) is 44.7 Å². The number of nitrogens with one attached hydrogen (secondary N) is 1. The van der Waals surface area contributed by atoms with Crippen molar-refractivity contribution in [2.45, 2.75) is 26.0 Å². The summed E-state index contributed by atoms with van der Waals surface area (Å²) < 4.78 is 5.70. The molecule has 0 radical (unpaired) electrons. The van der Waals surface area contributed by atoms with Gasteiger partial charge in [0, 0.05) is 25.6 Å². The number of aliphatic hydroxyl groups excluding tert-OH is 1. The first-order valence-electron chi connectivity index (χ1n) is 9.40. The molecule has 2 aromatic carbocycles. The van der Waals surface area contributed by atoms with E-state index in [4.69, 9.17) is 4.74 Å². The molecule has 2 aromatic rings. The van der Waals surface area contributed by atoms with Gasteiger partial charge in [0.15, 0.2) is 0 Å². The highest BCUT2D eigenvalue weighted by molar-refractivity contribution is 5.28. The lowest BCUT2D eigenvalue weighted by Gasteiger charge is -2.26. The molecule has 26 heavy (non-hydrogen) atoms. The van der Waals surface area contributed by atoms with Gasteiger partial charge in [-0.15, -0.1) is 0 Å². The van der Waals surface area contributed by atoms with E-state index in [0.29, 0.717) is 0 Å². The average Bonchev–Trinajstić information content (AvgIpc) is 2.66. The molecule has 0 bridgehead atoms. The van der Waals surface area contributed by atoms with Crippen molar-refractivity contribution < 1.29 is 9.84 Å². The highest BCUT2D eigenvalue weighted by atomic mass is 16.5. The minimum Gasteiger partial charge on any atom is -0.494 e. The molecule has 2 N–H and O–H groups in total. The molecule has 4 heteroatoms. The summed E-state index contributed by atoms with van der Waals surface area (Å²) in [5.41, 5.74) is 2.16. The molecule has 0 aliphatic heterocycles. The lowest BCUT2D eigenvalue weighted by Crippen LogP contribution is -2.34. The van der Waals surface area contributed by atoms with Crippen molar-refractivity contribution in [2.75, 3.05) is 33.8 Å². The Morgan fingerprint density at radius 3 is 2.54 bits per heavy atom. The molecule has 0 aliphatic rings. The van der Waals surface area contributed by atoms with Crippen molar-refractivity contribution in [2.24, 2.45) is 5.92 Å². The van der Waals surface area contributed by atoms with Crippen LogP contribution < -0.4 is 10.1 Å². The van der Waals surface area contributed by atoms with E-state index in [1.54, 1.807) is 0 Å². The number of aliphatic hydroxyl groups is 1. The summed E-state index contributed by atoms with van der Waals surface area (Å²) in [5, 5.41) is 14.3. The summed E-state index contributed by atoms with van der Waals surface area (Å²) in [6.45, 7) is 5.17. The molecule has 0 aliphatic carbocycles.